The molecule has 0 aliphatic carbocycles. The molecule has 0 spiro atoms. The molecule has 0 N–H and O–H groups in total. The van der Waals surface area contributed by atoms with Crippen molar-refractivity contribution in [3.05, 3.63) is 29.6 Å². The van der Waals surface area contributed by atoms with Crippen LogP contribution in [-0.2, 0) is 19.6 Å². The summed E-state index contributed by atoms with van der Waals surface area (Å²) < 4.78 is 43.8. The maximum absolute atomic E-state index is 14.2. The van der Waals surface area contributed by atoms with E-state index in [0.717, 1.165) is 4.31 Å². The Labute approximate surface area is 123 Å². The zero-order chi connectivity index (χ0) is 15.6. The highest BCUT2D eigenvalue weighted by Crippen LogP contribution is 2.29. The van der Waals surface area contributed by atoms with E-state index in [1.165, 1.54) is 12.1 Å². The van der Waals surface area contributed by atoms with Crippen LogP contribution in [0.2, 0.25) is 0 Å². The summed E-state index contributed by atoms with van der Waals surface area (Å²) in [5.41, 5.74) is 0.499. The first-order valence-corrected chi connectivity index (χ1v) is 8.44. The van der Waals surface area contributed by atoms with Crippen LogP contribution in [0.5, 0.6) is 0 Å². The number of carbonyl (C=O) groups excluding carboxylic acids is 1. The monoisotopic (exact) mass is 315 g/mol. The second kappa shape index (κ2) is 6.01. The first-order chi connectivity index (χ1) is 9.86. The summed E-state index contributed by atoms with van der Waals surface area (Å²) in [6.07, 6.45) is 0.489. The summed E-state index contributed by atoms with van der Waals surface area (Å²) in [7, 11) is -3.42. The molecule has 1 aliphatic rings. The number of hydrogen-bond acceptors (Lipinski definition) is 4. The Morgan fingerprint density at radius 3 is 2.71 bits per heavy atom. The lowest BCUT2D eigenvalue weighted by Gasteiger charge is -2.19. The molecule has 1 aliphatic heterocycles. The Morgan fingerprint density at radius 1 is 1.48 bits per heavy atom. The van der Waals surface area contributed by atoms with Crippen molar-refractivity contribution in [2.75, 3.05) is 23.2 Å². The van der Waals surface area contributed by atoms with Gasteiger partial charge in [0.05, 0.1) is 24.0 Å². The van der Waals surface area contributed by atoms with Gasteiger partial charge in [-0.1, -0.05) is 6.07 Å². The molecule has 1 fully saturated rings. The standard InChI is InChI=1S/C14H18FNO4S/c1-3-20-14(17)10(2)11-5-6-13(12(15)9-11)16-7-4-8-21(16,18)19/h5-6,9-10H,3-4,7-8H2,1-2H3. The van der Waals surface area contributed by atoms with Crippen LogP contribution < -0.4 is 4.31 Å². The zero-order valence-electron chi connectivity index (χ0n) is 12.0. The third-order valence-corrected chi connectivity index (χ3v) is 5.34. The summed E-state index contributed by atoms with van der Waals surface area (Å²) in [4.78, 5) is 11.6. The number of anilines is 1. The van der Waals surface area contributed by atoms with Gasteiger partial charge in [0, 0.05) is 6.54 Å². The first-order valence-electron chi connectivity index (χ1n) is 6.83. The van der Waals surface area contributed by atoms with Crippen LogP contribution in [0.25, 0.3) is 0 Å². The third-order valence-electron chi connectivity index (χ3n) is 3.48. The molecule has 1 heterocycles. The van der Waals surface area contributed by atoms with Gasteiger partial charge in [0.25, 0.3) is 0 Å². The number of benzene rings is 1. The van der Waals surface area contributed by atoms with Crippen LogP contribution in [-0.4, -0.2) is 33.3 Å². The highest BCUT2D eigenvalue weighted by atomic mass is 32.2. The van der Waals surface area contributed by atoms with Crippen LogP contribution in [0, 0.1) is 5.82 Å². The predicted octanol–water partition coefficient (Wildman–Crippen LogP) is 2.03. The van der Waals surface area contributed by atoms with Crippen LogP contribution in [0.15, 0.2) is 18.2 Å². The summed E-state index contributed by atoms with van der Waals surface area (Å²) in [5, 5.41) is 0. The van der Waals surface area contributed by atoms with Crippen molar-refractivity contribution in [3.8, 4) is 0 Å². The van der Waals surface area contributed by atoms with Crippen LogP contribution in [0.1, 0.15) is 31.7 Å². The topological polar surface area (TPSA) is 63.7 Å². The van der Waals surface area contributed by atoms with Gasteiger partial charge >= 0.3 is 5.97 Å². The van der Waals surface area contributed by atoms with E-state index in [4.69, 9.17) is 4.74 Å². The van der Waals surface area contributed by atoms with Crippen LogP contribution in [0.4, 0.5) is 10.1 Å². The molecule has 1 unspecified atom stereocenters. The quantitative estimate of drug-likeness (QED) is 0.798. The van der Waals surface area contributed by atoms with Crippen molar-refractivity contribution >= 4 is 21.7 Å². The molecular formula is C14H18FNO4S. The minimum atomic E-state index is -3.42. The average Bonchev–Trinajstić information content (AvgIpc) is 2.77. The molecule has 0 aromatic heterocycles. The number of sulfonamides is 1. The average molecular weight is 315 g/mol. The molecule has 0 amide bonds. The molecule has 1 atom stereocenters. The minimum absolute atomic E-state index is 0.0345. The molecular weight excluding hydrogens is 297 g/mol. The van der Waals surface area contributed by atoms with Gasteiger partial charge in [-0.05, 0) is 38.0 Å². The van der Waals surface area contributed by atoms with Gasteiger partial charge in [0.2, 0.25) is 10.0 Å². The highest BCUT2D eigenvalue weighted by Gasteiger charge is 2.30. The molecule has 21 heavy (non-hydrogen) atoms. The molecule has 0 bridgehead atoms. The predicted molar refractivity (Wildman–Crippen MR) is 77.2 cm³/mol. The third kappa shape index (κ3) is 3.18. The van der Waals surface area contributed by atoms with Gasteiger partial charge in [0.15, 0.2) is 0 Å². The van der Waals surface area contributed by atoms with Crippen molar-refractivity contribution < 1.29 is 22.3 Å². The maximum Gasteiger partial charge on any atom is 0.313 e. The van der Waals surface area contributed by atoms with E-state index >= 15 is 0 Å². The van der Waals surface area contributed by atoms with Crippen LogP contribution >= 0.6 is 0 Å². The number of hydrogen-bond donors (Lipinski definition) is 0. The highest BCUT2D eigenvalue weighted by molar-refractivity contribution is 7.93. The van der Waals surface area contributed by atoms with Gasteiger partial charge in [0.1, 0.15) is 5.82 Å². The number of nitrogens with zero attached hydrogens (tertiary/aromatic N) is 1. The van der Waals surface area contributed by atoms with Crippen molar-refractivity contribution in [2.45, 2.75) is 26.2 Å². The van der Waals surface area contributed by atoms with Gasteiger partial charge in [-0.3, -0.25) is 9.10 Å². The van der Waals surface area contributed by atoms with E-state index in [-0.39, 0.29) is 24.6 Å². The van der Waals surface area contributed by atoms with Gasteiger partial charge in [-0.15, -0.1) is 0 Å². The van der Waals surface area contributed by atoms with E-state index in [1.54, 1.807) is 19.9 Å². The lowest BCUT2D eigenvalue weighted by Crippen LogP contribution is -2.26. The Kier molecular flexibility index (Phi) is 4.51. The second-order valence-corrected chi connectivity index (χ2v) is 6.94. The maximum atomic E-state index is 14.2. The van der Waals surface area contributed by atoms with Gasteiger partial charge < -0.3 is 4.74 Å². The van der Waals surface area contributed by atoms with Gasteiger partial charge in [-0.2, -0.15) is 0 Å². The zero-order valence-corrected chi connectivity index (χ0v) is 12.8. The molecule has 1 aromatic rings. The van der Waals surface area contributed by atoms with Crippen molar-refractivity contribution in [1.29, 1.82) is 0 Å². The van der Waals surface area contributed by atoms with Crippen LogP contribution in [0.3, 0.4) is 0 Å². The molecule has 0 radical (unpaired) electrons. The number of esters is 1. The summed E-state index contributed by atoms with van der Waals surface area (Å²) in [6, 6.07) is 4.17. The summed E-state index contributed by atoms with van der Waals surface area (Å²) >= 11 is 0. The number of halogens is 1. The number of rotatable bonds is 4. The summed E-state index contributed by atoms with van der Waals surface area (Å²) in [5.74, 6) is -1.63. The second-order valence-electron chi connectivity index (χ2n) is 4.93. The largest absolute Gasteiger partial charge is 0.466 e. The molecule has 1 aromatic carbocycles. The van der Waals surface area contributed by atoms with Crippen molar-refractivity contribution in [1.82, 2.24) is 0 Å². The molecule has 2 rings (SSSR count). The molecule has 5 nitrogen and oxygen atoms in total. The smallest absolute Gasteiger partial charge is 0.313 e. The van der Waals surface area contributed by atoms with E-state index in [9.17, 15) is 17.6 Å². The van der Waals surface area contributed by atoms with E-state index < -0.39 is 27.7 Å². The SMILES string of the molecule is CCOC(=O)C(C)c1ccc(N2CCCS2(=O)=O)c(F)c1. The molecule has 116 valence electrons. The minimum Gasteiger partial charge on any atom is -0.466 e. The van der Waals surface area contributed by atoms with Crippen molar-refractivity contribution in [3.63, 3.8) is 0 Å². The molecule has 1 saturated heterocycles. The number of carbonyl (C=O) groups is 1. The van der Waals surface area contributed by atoms with Crippen molar-refractivity contribution in [2.24, 2.45) is 0 Å². The van der Waals surface area contributed by atoms with E-state index in [0.29, 0.717) is 12.0 Å². The van der Waals surface area contributed by atoms with E-state index in [2.05, 4.69) is 0 Å². The normalized spacial score (nSPS) is 18.5. The van der Waals surface area contributed by atoms with E-state index in [1.807, 2.05) is 0 Å². The molecule has 0 saturated carbocycles. The summed E-state index contributed by atoms with van der Waals surface area (Å²) in [6.45, 7) is 3.87. The Bertz CT molecular complexity index is 644. The Balaban J connectivity index is 2.28. The lowest BCUT2D eigenvalue weighted by molar-refractivity contribution is -0.144. The van der Waals surface area contributed by atoms with Gasteiger partial charge in [-0.25, -0.2) is 12.8 Å². The number of ether oxygens (including phenoxy) is 1. The Hall–Kier alpha value is -1.63. The lowest BCUT2D eigenvalue weighted by atomic mass is 10.0. The fourth-order valence-electron chi connectivity index (χ4n) is 2.31. The first kappa shape index (κ1) is 15.8. The fourth-order valence-corrected chi connectivity index (χ4v) is 3.88. The molecule has 7 heteroatoms. The fraction of sp³-hybridized carbons (Fsp3) is 0.500. The Morgan fingerprint density at radius 2 is 2.19 bits per heavy atom.